The largest absolute Gasteiger partial charge is 0.453 e. The lowest BCUT2D eigenvalue weighted by molar-refractivity contribution is -0.174. The predicted octanol–water partition coefficient (Wildman–Crippen LogP) is 5.99. The van der Waals surface area contributed by atoms with Gasteiger partial charge in [0.1, 0.15) is 30.2 Å². The second-order valence-electron chi connectivity index (χ2n) is 20.3. The minimum atomic E-state index is -1.48. The van der Waals surface area contributed by atoms with Gasteiger partial charge in [0, 0.05) is 41.0 Å². The first-order valence-corrected chi connectivity index (χ1v) is 24.9. The summed E-state index contributed by atoms with van der Waals surface area (Å²) in [6.07, 6.45) is -5.39. The van der Waals surface area contributed by atoms with E-state index in [-0.39, 0.29) is 68.0 Å². The summed E-state index contributed by atoms with van der Waals surface area (Å²) in [4.78, 5) is 112. The standard InChI is InChI=1S/C54H78N6O12/c1-33(2)27-41-53(66)71-45(31-39-21-17-15-18-22-39)49(62)60(14)43(29-35(5)6)52(65)70-38(10)48(61)58(12)44(30-36(7)8)54(67)72-46(32-40-23-19-16-20-24-40)50(63)59(13)42(28-34(3)4)51(64)69-37(9)47(57(41)11)56-68-26-25-55/h15-24,33-38,41-46H,26-32H2,1-14H3/b56-47+/t37-,38-,41+,42+,43?,44+,45-,46-/m1/s1. The van der Waals surface area contributed by atoms with E-state index in [1.54, 1.807) is 60.7 Å². The van der Waals surface area contributed by atoms with Crippen LogP contribution in [0.3, 0.4) is 0 Å². The molecule has 72 heavy (non-hydrogen) atoms. The van der Waals surface area contributed by atoms with Crippen LogP contribution >= 0.6 is 0 Å². The molecular weight excluding hydrogens is 925 g/mol. The fourth-order valence-electron chi connectivity index (χ4n) is 8.41. The molecule has 0 radical (unpaired) electrons. The number of amidine groups is 1. The van der Waals surface area contributed by atoms with Crippen molar-refractivity contribution in [1.29, 1.82) is 5.26 Å². The Bertz CT molecular complexity index is 2190. The van der Waals surface area contributed by atoms with Crippen LogP contribution in [0.2, 0.25) is 0 Å². The van der Waals surface area contributed by atoms with E-state index >= 15 is 0 Å². The van der Waals surface area contributed by atoms with E-state index in [0.29, 0.717) is 11.1 Å². The first kappa shape index (κ1) is 59.8. The number of cyclic esters (lactones) is 4. The summed E-state index contributed by atoms with van der Waals surface area (Å²) in [5.74, 6) is -6.40. The van der Waals surface area contributed by atoms with Crippen LogP contribution in [0, 0.1) is 35.0 Å². The fourth-order valence-corrected chi connectivity index (χ4v) is 8.41. The zero-order valence-corrected chi connectivity index (χ0v) is 44.7. The Labute approximate surface area is 426 Å². The number of hydrogen-bond acceptors (Lipinski definition) is 14. The van der Waals surface area contributed by atoms with E-state index in [9.17, 15) is 38.8 Å². The first-order chi connectivity index (χ1) is 33.9. The van der Waals surface area contributed by atoms with Crippen LogP contribution in [0.25, 0.3) is 0 Å². The van der Waals surface area contributed by atoms with Crippen molar-refractivity contribution in [1.82, 2.24) is 19.6 Å². The van der Waals surface area contributed by atoms with E-state index in [1.807, 2.05) is 61.5 Å². The molecular formula is C54H78N6O12. The smallest absolute Gasteiger partial charge is 0.329 e. The summed E-state index contributed by atoms with van der Waals surface area (Å²) in [5, 5.41) is 13.6. The highest BCUT2D eigenvalue weighted by Gasteiger charge is 2.42. The van der Waals surface area contributed by atoms with Crippen molar-refractivity contribution < 1.29 is 57.3 Å². The average Bonchev–Trinajstić information content (AvgIpc) is 3.32. The molecule has 3 rings (SSSR count). The predicted molar refractivity (Wildman–Crippen MR) is 269 cm³/mol. The lowest BCUT2D eigenvalue weighted by Gasteiger charge is -2.36. The lowest BCUT2D eigenvalue weighted by Crippen LogP contribution is -2.55. The molecule has 1 fully saturated rings. The zero-order chi connectivity index (χ0) is 54.0. The maximum absolute atomic E-state index is 14.8. The Morgan fingerprint density at radius 2 is 0.819 bits per heavy atom. The molecule has 1 aliphatic rings. The zero-order valence-electron chi connectivity index (χ0n) is 44.7. The van der Waals surface area contributed by atoms with E-state index in [2.05, 4.69) is 5.16 Å². The number of ether oxygens (including phenoxy) is 4. The number of rotatable bonds is 14. The summed E-state index contributed by atoms with van der Waals surface area (Å²) in [6.45, 7) is 17.3. The molecule has 0 N–H and O–H groups in total. The quantitative estimate of drug-likeness (QED) is 0.0920. The van der Waals surface area contributed by atoms with Gasteiger partial charge in [0.15, 0.2) is 30.3 Å². The van der Waals surface area contributed by atoms with Gasteiger partial charge in [-0.15, -0.1) is 0 Å². The number of benzene rings is 2. The minimum absolute atomic E-state index is 0.0831. The van der Waals surface area contributed by atoms with Gasteiger partial charge >= 0.3 is 23.9 Å². The number of carbonyl (C=O) groups excluding carboxylic acids is 7. The van der Waals surface area contributed by atoms with Crippen molar-refractivity contribution >= 4 is 47.4 Å². The average molecular weight is 1000 g/mol. The maximum atomic E-state index is 14.8. The van der Waals surface area contributed by atoms with Crippen molar-refractivity contribution in [2.75, 3.05) is 34.8 Å². The molecule has 18 nitrogen and oxygen atoms in total. The van der Waals surface area contributed by atoms with Crippen LogP contribution in [0.5, 0.6) is 0 Å². The van der Waals surface area contributed by atoms with Gasteiger partial charge < -0.3 is 43.4 Å². The fraction of sp³-hybridized carbons (Fsp3) is 0.611. The molecule has 0 bridgehead atoms. The second-order valence-corrected chi connectivity index (χ2v) is 20.3. The van der Waals surface area contributed by atoms with E-state index < -0.39 is 96.8 Å². The molecule has 0 aliphatic carbocycles. The molecule has 0 saturated carbocycles. The van der Waals surface area contributed by atoms with E-state index in [0.717, 1.165) is 4.90 Å². The molecule has 18 heteroatoms. The van der Waals surface area contributed by atoms with Crippen molar-refractivity contribution in [3.63, 3.8) is 0 Å². The van der Waals surface area contributed by atoms with Gasteiger partial charge in [-0.2, -0.15) is 5.26 Å². The Hall–Kier alpha value is -6.51. The third-order valence-electron chi connectivity index (χ3n) is 12.3. The normalized spacial score (nSPS) is 24.8. The lowest BCUT2D eigenvalue weighted by atomic mass is 10.00. The van der Waals surface area contributed by atoms with Gasteiger partial charge in [-0.05, 0) is 74.3 Å². The number of oxime groups is 1. The van der Waals surface area contributed by atoms with Crippen LogP contribution in [0.1, 0.15) is 106 Å². The van der Waals surface area contributed by atoms with Crippen LogP contribution in [-0.2, 0) is 70.2 Å². The van der Waals surface area contributed by atoms with Gasteiger partial charge in [0.2, 0.25) is 6.61 Å². The second kappa shape index (κ2) is 28.5. The summed E-state index contributed by atoms with van der Waals surface area (Å²) < 4.78 is 24.3. The van der Waals surface area contributed by atoms with Gasteiger partial charge in [0.25, 0.3) is 17.7 Å². The molecule has 3 amide bonds. The summed E-state index contributed by atoms with van der Waals surface area (Å²) in [6, 6.07) is 14.7. The summed E-state index contributed by atoms with van der Waals surface area (Å²) in [7, 11) is 5.72. The van der Waals surface area contributed by atoms with Crippen molar-refractivity contribution in [2.24, 2.45) is 28.8 Å². The number of esters is 4. The van der Waals surface area contributed by atoms with Gasteiger partial charge in [-0.25, -0.2) is 19.2 Å². The molecule has 2 aromatic carbocycles. The SMILES string of the molecule is CC(C)CC1C(=O)O[C@H](C)C(=O)N(C)[C@@H](CC(C)C)C(=O)O[C@H](Cc2ccccc2)C(=O)N(C)[C@@H](CC(C)C)C(=O)O[C@H](C)/C(=N\OCC#N)N(C)[C@@H](CC(C)C)C(=O)O[C@H](Cc2ccccc2)C(=O)N1C. The van der Waals surface area contributed by atoms with Crippen molar-refractivity contribution in [3.05, 3.63) is 71.8 Å². The third-order valence-corrected chi connectivity index (χ3v) is 12.3. The minimum Gasteiger partial charge on any atom is -0.453 e. The number of nitriles is 1. The Kier molecular flexibility index (Phi) is 23.7. The number of nitrogens with zero attached hydrogens (tertiary/aromatic N) is 6. The van der Waals surface area contributed by atoms with Crippen LogP contribution in [0.15, 0.2) is 65.8 Å². The Morgan fingerprint density at radius 3 is 1.17 bits per heavy atom. The molecule has 8 atom stereocenters. The number of likely N-dealkylation sites (N-methyl/N-ethyl adjacent to an activating group) is 4. The van der Waals surface area contributed by atoms with Crippen LogP contribution in [0.4, 0.5) is 0 Å². The summed E-state index contributed by atoms with van der Waals surface area (Å²) >= 11 is 0. The van der Waals surface area contributed by atoms with Crippen LogP contribution < -0.4 is 0 Å². The topological polar surface area (TPSA) is 215 Å². The third kappa shape index (κ3) is 17.7. The van der Waals surface area contributed by atoms with Gasteiger partial charge in [-0.3, -0.25) is 14.4 Å². The molecule has 396 valence electrons. The van der Waals surface area contributed by atoms with Gasteiger partial charge in [0.05, 0.1) is 0 Å². The highest BCUT2D eigenvalue weighted by molar-refractivity contribution is 5.95. The molecule has 1 unspecified atom stereocenters. The number of amides is 3. The highest BCUT2D eigenvalue weighted by atomic mass is 16.6. The maximum Gasteiger partial charge on any atom is 0.329 e. The molecule has 1 heterocycles. The number of hydrogen-bond donors (Lipinski definition) is 0. The van der Waals surface area contributed by atoms with Gasteiger partial charge in [-0.1, -0.05) is 121 Å². The Morgan fingerprint density at radius 1 is 0.500 bits per heavy atom. The summed E-state index contributed by atoms with van der Waals surface area (Å²) in [5.41, 5.74) is 1.30. The van der Waals surface area contributed by atoms with Crippen LogP contribution in [-0.4, -0.2) is 150 Å². The monoisotopic (exact) mass is 1000 g/mol. The first-order valence-electron chi connectivity index (χ1n) is 24.9. The van der Waals surface area contributed by atoms with Crippen molar-refractivity contribution in [2.45, 2.75) is 156 Å². The van der Waals surface area contributed by atoms with E-state index in [1.165, 1.54) is 56.7 Å². The Balaban J connectivity index is 2.33. The number of carbonyl (C=O) groups is 7. The molecule has 1 saturated heterocycles. The van der Waals surface area contributed by atoms with E-state index in [4.69, 9.17) is 23.8 Å². The van der Waals surface area contributed by atoms with Crippen molar-refractivity contribution in [3.8, 4) is 6.07 Å². The highest BCUT2D eigenvalue weighted by Crippen LogP contribution is 2.24. The molecule has 0 spiro atoms. The molecule has 1 aliphatic heterocycles. The molecule has 0 aromatic heterocycles. The molecule has 2 aromatic rings.